The van der Waals surface area contributed by atoms with Crippen molar-refractivity contribution in [1.82, 2.24) is 5.32 Å². The number of piperazine rings is 1. The first-order valence-electron chi connectivity index (χ1n) is 9.32. The molecular weight excluding hydrogens is 366 g/mol. The van der Waals surface area contributed by atoms with E-state index in [2.05, 4.69) is 42.6 Å². The molecule has 26 heavy (non-hydrogen) atoms. The van der Waals surface area contributed by atoms with E-state index in [0.29, 0.717) is 13.1 Å². The maximum Gasteiger partial charge on any atom is 0.275 e. The molecule has 1 aliphatic heterocycles. The van der Waals surface area contributed by atoms with Crippen LogP contribution in [0.2, 0.25) is 4.34 Å². The van der Waals surface area contributed by atoms with Crippen LogP contribution in [0.15, 0.2) is 36.4 Å². The van der Waals surface area contributed by atoms with Gasteiger partial charge in [0.2, 0.25) is 0 Å². The quantitative estimate of drug-likeness (QED) is 0.624. The van der Waals surface area contributed by atoms with Gasteiger partial charge in [0.25, 0.3) is 5.91 Å². The van der Waals surface area contributed by atoms with Gasteiger partial charge in [-0.15, -0.1) is 11.3 Å². The zero-order valence-corrected chi connectivity index (χ0v) is 16.9. The van der Waals surface area contributed by atoms with Crippen molar-refractivity contribution in [1.29, 1.82) is 0 Å². The lowest BCUT2D eigenvalue weighted by atomic mass is 10.1. The topological polar surface area (TPSA) is 38.0 Å². The molecule has 0 radical (unpaired) electrons. The number of carbonyl (C=O) groups is 1. The van der Waals surface area contributed by atoms with Crippen LogP contribution in [0.5, 0.6) is 0 Å². The second-order valence-electron chi connectivity index (χ2n) is 7.09. The predicted molar refractivity (Wildman–Crippen MR) is 107 cm³/mol. The van der Waals surface area contributed by atoms with E-state index in [0.717, 1.165) is 43.5 Å². The number of rotatable bonds is 7. The van der Waals surface area contributed by atoms with Crippen LogP contribution in [-0.2, 0) is 17.8 Å². The van der Waals surface area contributed by atoms with Crippen molar-refractivity contribution < 1.29 is 14.6 Å². The molecule has 6 heteroatoms. The van der Waals surface area contributed by atoms with E-state index in [1.165, 1.54) is 20.9 Å². The van der Waals surface area contributed by atoms with Gasteiger partial charge >= 0.3 is 0 Å². The Morgan fingerprint density at radius 3 is 2.54 bits per heavy atom. The first-order chi connectivity index (χ1) is 12.6. The summed E-state index contributed by atoms with van der Waals surface area (Å²) >= 11 is 7.68. The minimum atomic E-state index is 0.169. The van der Waals surface area contributed by atoms with Crippen molar-refractivity contribution in [3.8, 4) is 0 Å². The number of nitrogens with one attached hydrogen (secondary N) is 3. The lowest BCUT2D eigenvalue weighted by Gasteiger charge is -2.29. The lowest BCUT2D eigenvalue weighted by molar-refractivity contribution is -1.01. The van der Waals surface area contributed by atoms with E-state index in [4.69, 9.17) is 11.6 Å². The van der Waals surface area contributed by atoms with E-state index in [1.807, 2.05) is 6.07 Å². The van der Waals surface area contributed by atoms with Gasteiger partial charge in [-0.3, -0.25) is 4.79 Å². The van der Waals surface area contributed by atoms with Crippen LogP contribution in [0, 0.1) is 6.92 Å². The molecule has 0 unspecified atom stereocenters. The fraction of sp³-hybridized carbons (Fsp3) is 0.450. The minimum absolute atomic E-state index is 0.169. The molecule has 140 valence electrons. The van der Waals surface area contributed by atoms with Crippen molar-refractivity contribution >= 4 is 28.8 Å². The number of quaternary nitrogens is 2. The standard InChI is InChI=1S/C20H26ClN3OS/c1-16-4-2-3-5-17(16)8-9-22-20(25)15-24-12-10-23(11-13-24)14-18-6-7-19(21)26-18/h2-7H,8-15H2,1H3,(H,22,25)/p+2. The van der Waals surface area contributed by atoms with Gasteiger partial charge in [0.05, 0.1) is 9.21 Å². The summed E-state index contributed by atoms with van der Waals surface area (Å²) in [5.74, 6) is 0.169. The first-order valence-corrected chi connectivity index (χ1v) is 10.5. The van der Waals surface area contributed by atoms with Crippen molar-refractivity contribution in [2.75, 3.05) is 39.3 Å². The van der Waals surface area contributed by atoms with Gasteiger partial charge in [-0.05, 0) is 36.6 Å². The Morgan fingerprint density at radius 1 is 1.12 bits per heavy atom. The molecule has 0 aliphatic carbocycles. The van der Waals surface area contributed by atoms with E-state index < -0.39 is 0 Å². The van der Waals surface area contributed by atoms with E-state index in [-0.39, 0.29) is 5.91 Å². The molecule has 1 aromatic heterocycles. The van der Waals surface area contributed by atoms with E-state index in [9.17, 15) is 4.79 Å². The summed E-state index contributed by atoms with van der Waals surface area (Å²) < 4.78 is 0.867. The molecule has 1 amide bonds. The summed E-state index contributed by atoms with van der Waals surface area (Å²) in [6, 6.07) is 12.5. The molecule has 3 rings (SSSR count). The second-order valence-corrected chi connectivity index (χ2v) is 8.89. The summed E-state index contributed by atoms with van der Waals surface area (Å²) in [7, 11) is 0. The van der Waals surface area contributed by atoms with Crippen LogP contribution in [0.4, 0.5) is 0 Å². The predicted octanol–water partition coefficient (Wildman–Crippen LogP) is 0.352. The van der Waals surface area contributed by atoms with Crippen LogP contribution < -0.4 is 15.1 Å². The smallest absolute Gasteiger partial charge is 0.275 e. The molecule has 2 heterocycles. The lowest BCUT2D eigenvalue weighted by Crippen LogP contribution is -3.28. The highest BCUT2D eigenvalue weighted by Crippen LogP contribution is 2.20. The maximum atomic E-state index is 12.2. The van der Waals surface area contributed by atoms with Crippen molar-refractivity contribution in [2.24, 2.45) is 0 Å². The van der Waals surface area contributed by atoms with Gasteiger partial charge in [-0.1, -0.05) is 35.9 Å². The average molecular weight is 394 g/mol. The highest BCUT2D eigenvalue weighted by atomic mass is 35.5. The molecule has 3 N–H and O–H groups in total. The Bertz CT molecular complexity index is 725. The number of thiophene rings is 1. The zero-order valence-electron chi connectivity index (χ0n) is 15.3. The van der Waals surface area contributed by atoms with Crippen molar-refractivity contribution in [2.45, 2.75) is 19.9 Å². The van der Waals surface area contributed by atoms with E-state index >= 15 is 0 Å². The molecule has 4 nitrogen and oxygen atoms in total. The summed E-state index contributed by atoms with van der Waals surface area (Å²) in [6.07, 6.45) is 0.898. The molecule has 0 saturated carbocycles. The zero-order chi connectivity index (χ0) is 18.4. The Labute approximate surface area is 164 Å². The third-order valence-corrected chi connectivity index (χ3v) is 6.34. The Balaban J connectivity index is 1.33. The van der Waals surface area contributed by atoms with Crippen LogP contribution in [0.1, 0.15) is 16.0 Å². The second kappa shape index (κ2) is 9.51. The monoisotopic (exact) mass is 393 g/mol. The summed E-state index contributed by atoms with van der Waals surface area (Å²) in [6.45, 7) is 8.81. The molecule has 0 spiro atoms. The Morgan fingerprint density at radius 2 is 1.85 bits per heavy atom. The Kier molecular flexibility index (Phi) is 7.08. The average Bonchev–Trinajstić information content (AvgIpc) is 3.03. The third-order valence-electron chi connectivity index (χ3n) is 5.11. The van der Waals surface area contributed by atoms with Gasteiger partial charge in [-0.2, -0.15) is 0 Å². The number of amides is 1. The van der Waals surface area contributed by atoms with Gasteiger partial charge < -0.3 is 15.1 Å². The molecular formula is C20H28ClN3OS+2. The van der Waals surface area contributed by atoms with Gasteiger partial charge in [0, 0.05) is 6.54 Å². The number of benzene rings is 1. The SMILES string of the molecule is Cc1ccccc1CCNC(=O)C[NH+]1CC[NH+](Cc2ccc(Cl)s2)CC1. The van der Waals surface area contributed by atoms with E-state index in [1.54, 1.807) is 16.2 Å². The highest BCUT2D eigenvalue weighted by Gasteiger charge is 2.25. The molecule has 0 atom stereocenters. The molecule has 1 aliphatic rings. The molecule has 1 saturated heterocycles. The molecule has 1 fully saturated rings. The fourth-order valence-corrected chi connectivity index (χ4v) is 4.68. The van der Waals surface area contributed by atoms with Gasteiger partial charge in [0.1, 0.15) is 32.7 Å². The number of aryl methyl sites for hydroxylation is 1. The van der Waals surface area contributed by atoms with Crippen LogP contribution >= 0.6 is 22.9 Å². The number of hydrogen-bond donors (Lipinski definition) is 3. The van der Waals surface area contributed by atoms with Crippen molar-refractivity contribution in [3.05, 3.63) is 56.7 Å². The van der Waals surface area contributed by atoms with Crippen LogP contribution in [0.25, 0.3) is 0 Å². The maximum absolute atomic E-state index is 12.2. The summed E-state index contributed by atoms with van der Waals surface area (Å²) in [5, 5.41) is 3.08. The highest BCUT2D eigenvalue weighted by molar-refractivity contribution is 7.16. The summed E-state index contributed by atoms with van der Waals surface area (Å²) in [5.41, 5.74) is 2.60. The van der Waals surface area contributed by atoms with Crippen molar-refractivity contribution in [3.63, 3.8) is 0 Å². The van der Waals surface area contributed by atoms with Crippen LogP contribution in [0.3, 0.4) is 0 Å². The third kappa shape index (κ3) is 5.81. The fourth-order valence-electron chi connectivity index (χ4n) is 3.52. The first kappa shape index (κ1) is 19.4. The summed E-state index contributed by atoms with van der Waals surface area (Å²) in [4.78, 5) is 16.5. The number of carbonyl (C=O) groups excluding carboxylic acids is 1. The van der Waals surface area contributed by atoms with Gasteiger partial charge in [-0.25, -0.2) is 0 Å². The van der Waals surface area contributed by atoms with Gasteiger partial charge in [0.15, 0.2) is 6.54 Å². The normalized spacial score (nSPS) is 20.1. The minimum Gasteiger partial charge on any atom is -0.351 e. The largest absolute Gasteiger partial charge is 0.351 e. The molecule has 2 aromatic rings. The molecule has 0 bridgehead atoms. The Hall–Kier alpha value is -1.40. The number of hydrogen-bond acceptors (Lipinski definition) is 2. The van der Waals surface area contributed by atoms with Crippen LogP contribution in [-0.4, -0.2) is 45.2 Å². The molecule has 1 aromatic carbocycles. The number of halogens is 1.